The van der Waals surface area contributed by atoms with Crippen molar-refractivity contribution in [1.29, 1.82) is 0 Å². The lowest BCUT2D eigenvalue weighted by atomic mass is 9.72. The standard InChI is InChI=1S/C18H15F2N3O4/c19-17(20)27-9-6-4-8(5-7-9)12-13-10(2-1-3-11(13)24)21-15-14(12)16(25)23-18(26)22-15/h2,4-7,12-13,17H,1,3H2,(H3,21,22,23,25,26). The Hall–Kier alpha value is -3.23. The minimum absolute atomic E-state index is 0.0241. The van der Waals surface area contributed by atoms with Crippen molar-refractivity contribution in [2.75, 3.05) is 5.32 Å². The number of benzene rings is 1. The fraction of sp³-hybridized carbons (Fsp3) is 0.278. The molecule has 9 heteroatoms. The second-order valence-corrected chi connectivity index (χ2v) is 6.39. The number of hydrogen-bond donors (Lipinski definition) is 3. The SMILES string of the molecule is O=C1CCC=C2Nc3[nH]c(=O)[nH]c(=O)c3C(c3ccc(OC(F)F)cc3)C12. The van der Waals surface area contributed by atoms with Crippen molar-refractivity contribution >= 4 is 11.6 Å². The third-order valence-electron chi connectivity index (χ3n) is 4.79. The van der Waals surface area contributed by atoms with Crippen LogP contribution in [0, 0.1) is 5.92 Å². The first-order valence-corrected chi connectivity index (χ1v) is 8.35. The van der Waals surface area contributed by atoms with Crippen LogP contribution in [0.25, 0.3) is 0 Å². The van der Waals surface area contributed by atoms with E-state index in [1.807, 2.05) is 6.08 Å². The Morgan fingerprint density at radius 1 is 1.04 bits per heavy atom. The van der Waals surface area contributed by atoms with Gasteiger partial charge in [-0.3, -0.25) is 19.6 Å². The number of aromatic nitrogens is 2. The Bertz CT molecular complexity index is 1040. The lowest BCUT2D eigenvalue weighted by Crippen LogP contribution is -2.40. The summed E-state index contributed by atoms with van der Waals surface area (Å²) in [5.74, 6) is -1.08. The molecule has 0 saturated carbocycles. The van der Waals surface area contributed by atoms with Gasteiger partial charge in [-0.1, -0.05) is 18.2 Å². The number of hydrogen-bond acceptors (Lipinski definition) is 5. The maximum atomic E-state index is 12.6. The van der Waals surface area contributed by atoms with Gasteiger partial charge in [-0.05, 0) is 24.1 Å². The smallest absolute Gasteiger partial charge is 0.387 e. The Balaban J connectivity index is 1.87. The molecule has 4 rings (SSSR count). The van der Waals surface area contributed by atoms with E-state index in [-0.39, 0.29) is 22.9 Å². The predicted molar refractivity (Wildman–Crippen MR) is 92.0 cm³/mol. The summed E-state index contributed by atoms with van der Waals surface area (Å²) in [5.41, 5.74) is 0.180. The summed E-state index contributed by atoms with van der Waals surface area (Å²) in [4.78, 5) is 41.5. The van der Waals surface area contributed by atoms with Gasteiger partial charge in [0.1, 0.15) is 17.4 Å². The third kappa shape index (κ3) is 3.05. The number of alkyl halides is 2. The highest BCUT2D eigenvalue weighted by Crippen LogP contribution is 2.44. The molecule has 2 atom stereocenters. The van der Waals surface area contributed by atoms with Crippen LogP contribution in [0.1, 0.15) is 29.9 Å². The van der Waals surface area contributed by atoms with Gasteiger partial charge in [-0.25, -0.2) is 4.79 Å². The number of carbonyl (C=O) groups excluding carboxylic acids is 1. The highest BCUT2D eigenvalue weighted by atomic mass is 19.3. The lowest BCUT2D eigenvalue weighted by Gasteiger charge is -2.36. The molecule has 2 aliphatic rings. The van der Waals surface area contributed by atoms with Crippen molar-refractivity contribution in [2.24, 2.45) is 5.92 Å². The minimum atomic E-state index is -2.95. The Kier molecular flexibility index (Phi) is 4.14. The van der Waals surface area contributed by atoms with Crippen molar-refractivity contribution in [3.8, 4) is 5.75 Å². The van der Waals surface area contributed by atoms with Crippen LogP contribution in [-0.2, 0) is 4.79 Å². The number of carbonyl (C=O) groups is 1. The first-order chi connectivity index (χ1) is 12.9. The van der Waals surface area contributed by atoms with Crippen LogP contribution in [0.2, 0.25) is 0 Å². The van der Waals surface area contributed by atoms with Crippen molar-refractivity contribution in [3.05, 3.63) is 68.0 Å². The normalized spacial score (nSPS) is 21.1. The first-order valence-electron chi connectivity index (χ1n) is 8.35. The van der Waals surface area contributed by atoms with Crippen LogP contribution in [0.3, 0.4) is 0 Å². The zero-order valence-corrected chi connectivity index (χ0v) is 13.9. The van der Waals surface area contributed by atoms with Gasteiger partial charge in [0.15, 0.2) is 0 Å². The molecular formula is C18H15F2N3O4. The van der Waals surface area contributed by atoms with E-state index in [1.54, 1.807) is 12.1 Å². The summed E-state index contributed by atoms with van der Waals surface area (Å²) in [5, 5.41) is 2.99. The number of fused-ring (bicyclic) bond motifs is 2. The van der Waals surface area contributed by atoms with E-state index >= 15 is 0 Å². The van der Waals surface area contributed by atoms with E-state index in [4.69, 9.17) is 0 Å². The summed E-state index contributed by atoms with van der Waals surface area (Å²) in [7, 11) is 0. The van der Waals surface area contributed by atoms with Crippen LogP contribution in [0.5, 0.6) is 5.75 Å². The van der Waals surface area contributed by atoms with E-state index < -0.39 is 29.7 Å². The third-order valence-corrected chi connectivity index (χ3v) is 4.79. The highest BCUT2D eigenvalue weighted by molar-refractivity contribution is 5.89. The van der Waals surface area contributed by atoms with Gasteiger partial charge in [0.2, 0.25) is 0 Å². The number of halogens is 2. The number of H-pyrrole nitrogens is 2. The molecule has 2 aromatic rings. The minimum Gasteiger partial charge on any atom is -0.435 e. The van der Waals surface area contributed by atoms with E-state index in [2.05, 4.69) is 20.0 Å². The number of Topliss-reactive ketones (excluding diaryl/α,β-unsaturated/α-hetero) is 1. The number of aromatic amines is 2. The van der Waals surface area contributed by atoms with E-state index in [0.717, 1.165) is 0 Å². The second kappa shape index (κ2) is 6.49. The molecule has 1 aliphatic carbocycles. The zero-order valence-electron chi connectivity index (χ0n) is 13.9. The molecule has 2 heterocycles. The average Bonchev–Trinajstić information content (AvgIpc) is 2.60. The van der Waals surface area contributed by atoms with Gasteiger partial charge >= 0.3 is 12.3 Å². The Labute approximate surface area is 151 Å². The summed E-state index contributed by atoms with van der Waals surface area (Å²) >= 11 is 0. The number of ketones is 1. The van der Waals surface area contributed by atoms with Crippen LogP contribution in [0.4, 0.5) is 14.6 Å². The van der Waals surface area contributed by atoms with Crippen LogP contribution < -0.4 is 21.3 Å². The van der Waals surface area contributed by atoms with Gasteiger partial charge in [-0.2, -0.15) is 8.78 Å². The first kappa shape index (κ1) is 17.2. The molecule has 1 aliphatic heterocycles. The summed E-state index contributed by atoms with van der Waals surface area (Å²) < 4.78 is 29.1. The largest absolute Gasteiger partial charge is 0.435 e. The molecule has 1 aromatic carbocycles. The molecule has 0 bridgehead atoms. The Morgan fingerprint density at radius 2 is 1.78 bits per heavy atom. The Morgan fingerprint density at radius 3 is 2.48 bits per heavy atom. The number of ether oxygens (including phenoxy) is 1. The monoisotopic (exact) mass is 375 g/mol. The highest BCUT2D eigenvalue weighted by Gasteiger charge is 2.41. The summed E-state index contributed by atoms with van der Waals surface area (Å²) in [6, 6.07) is 5.81. The van der Waals surface area contributed by atoms with Gasteiger partial charge < -0.3 is 10.1 Å². The second-order valence-electron chi connectivity index (χ2n) is 6.39. The van der Waals surface area contributed by atoms with E-state index in [9.17, 15) is 23.2 Å². The summed E-state index contributed by atoms with van der Waals surface area (Å²) in [6.07, 6.45) is 2.78. The molecule has 0 amide bonds. The fourth-order valence-corrected chi connectivity index (χ4v) is 3.74. The van der Waals surface area contributed by atoms with Crippen molar-refractivity contribution in [3.63, 3.8) is 0 Å². The molecule has 1 aromatic heterocycles. The van der Waals surface area contributed by atoms with Crippen molar-refractivity contribution in [2.45, 2.75) is 25.4 Å². The van der Waals surface area contributed by atoms with Crippen molar-refractivity contribution in [1.82, 2.24) is 9.97 Å². The van der Waals surface area contributed by atoms with E-state index in [1.165, 1.54) is 12.1 Å². The molecule has 7 nitrogen and oxygen atoms in total. The molecule has 2 unspecified atom stereocenters. The molecule has 3 N–H and O–H groups in total. The van der Waals surface area contributed by atoms with Gasteiger partial charge in [0, 0.05) is 18.0 Å². The maximum Gasteiger partial charge on any atom is 0.387 e. The number of allylic oxidation sites excluding steroid dienone is 2. The topological polar surface area (TPSA) is 104 Å². The molecule has 140 valence electrons. The number of anilines is 1. The molecule has 0 spiro atoms. The van der Waals surface area contributed by atoms with Gasteiger partial charge in [0.25, 0.3) is 5.56 Å². The van der Waals surface area contributed by atoms with Crippen molar-refractivity contribution < 1.29 is 18.3 Å². The molecule has 27 heavy (non-hydrogen) atoms. The quantitative estimate of drug-likeness (QED) is 0.762. The molecule has 0 radical (unpaired) electrons. The molecular weight excluding hydrogens is 360 g/mol. The molecule has 0 fully saturated rings. The zero-order chi connectivity index (χ0) is 19.1. The van der Waals surface area contributed by atoms with Crippen LogP contribution in [0.15, 0.2) is 45.6 Å². The number of nitrogens with one attached hydrogen (secondary N) is 3. The van der Waals surface area contributed by atoms with E-state index in [0.29, 0.717) is 24.1 Å². The fourth-order valence-electron chi connectivity index (χ4n) is 3.74. The average molecular weight is 375 g/mol. The van der Waals surface area contributed by atoms with Crippen LogP contribution >= 0.6 is 0 Å². The van der Waals surface area contributed by atoms with Gasteiger partial charge in [0.05, 0.1) is 11.5 Å². The maximum absolute atomic E-state index is 12.6. The lowest BCUT2D eigenvalue weighted by molar-refractivity contribution is -0.122. The summed E-state index contributed by atoms with van der Waals surface area (Å²) in [6.45, 7) is -2.95. The predicted octanol–water partition coefficient (Wildman–Crippen LogP) is 2.08. The number of rotatable bonds is 3. The van der Waals surface area contributed by atoms with Gasteiger partial charge in [-0.15, -0.1) is 0 Å². The molecule has 0 saturated heterocycles. The van der Waals surface area contributed by atoms with Crippen LogP contribution in [-0.4, -0.2) is 22.4 Å².